The summed E-state index contributed by atoms with van der Waals surface area (Å²) in [6.45, 7) is 4.98. The summed E-state index contributed by atoms with van der Waals surface area (Å²) < 4.78 is 27.5. The molecule has 1 aliphatic heterocycles. The van der Waals surface area contributed by atoms with Gasteiger partial charge in [0.25, 0.3) is 0 Å². The Labute approximate surface area is 127 Å². The van der Waals surface area contributed by atoms with Gasteiger partial charge < -0.3 is 10.6 Å². The SMILES string of the molecule is Cc1cc(N)ccc1S(=O)(=O)NCC1CN(C)CCN1C. The van der Waals surface area contributed by atoms with Crippen LogP contribution >= 0.6 is 0 Å². The molecular weight excluding hydrogens is 288 g/mol. The van der Waals surface area contributed by atoms with E-state index in [4.69, 9.17) is 5.73 Å². The van der Waals surface area contributed by atoms with Gasteiger partial charge in [-0.25, -0.2) is 13.1 Å². The van der Waals surface area contributed by atoms with Crippen molar-refractivity contribution in [2.45, 2.75) is 17.9 Å². The Kier molecular flexibility index (Phi) is 4.88. The van der Waals surface area contributed by atoms with E-state index in [-0.39, 0.29) is 6.04 Å². The van der Waals surface area contributed by atoms with Gasteiger partial charge in [-0.3, -0.25) is 4.90 Å². The van der Waals surface area contributed by atoms with Crippen LogP contribution in [-0.2, 0) is 10.0 Å². The van der Waals surface area contributed by atoms with Crippen molar-refractivity contribution in [3.63, 3.8) is 0 Å². The van der Waals surface area contributed by atoms with Crippen LogP contribution in [0.25, 0.3) is 0 Å². The molecule has 1 unspecified atom stereocenters. The zero-order valence-corrected chi connectivity index (χ0v) is 13.7. The lowest BCUT2D eigenvalue weighted by Gasteiger charge is -2.37. The molecule has 0 amide bonds. The third-order valence-electron chi connectivity index (χ3n) is 3.98. The van der Waals surface area contributed by atoms with E-state index in [1.54, 1.807) is 25.1 Å². The topological polar surface area (TPSA) is 78.7 Å². The molecule has 1 aromatic carbocycles. The summed E-state index contributed by atoms with van der Waals surface area (Å²) >= 11 is 0. The Hall–Kier alpha value is -1.15. The zero-order chi connectivity index (χ0) is 15.6. The number of aryl methyl sites for hydroxylation is 1. The molecule has 6 nitrogen and oxygen atoms in total. The number of nitrogens with two attached hydrogens (primary N) is 1. The van der Waals surface area contributed by atoms with Gasteiger partial charge in [-0.2, -0.15) is 0 Å². The molecule has 1 aliphatic rings. The van der Waals surface area contributed by atoms with Crippen LogP contribution in [0.4, 0.5) is 5.69 Å². The van der Waals surface area contributed by atoms with Crippen LogP contribution in [0.1, 0.15) is 5.56 Å². The standard InChI is InChI=1S/C14H24N4O2S/c1-11-8-12(15)4-5-14(11)21(19,20)16-9-13-10-17(2)6-7-18(13)3/h4-5,8,13,16H,6-7,9-10,15H2,1-3H3. The summed E-state index contributed by atoms with van der Waals surface area (Å²) in [6, 6.07) is 5.04. The van der Waals surface area contributed by atoms with Crippen molar-refractivity contribution in [3.05, 3.63) is 23.8 Å². The average Bonchev–Trinajstić information content (AvgIpc) is 2.39. The fourth-order valence-electron chi connectivity index (χ4n) is 2.58. The van der Waals surface area contributed by atoms with Gasteiger partial charge in [-0.05, 0) is 44.8 Å². The highest BCUT2D eigenvalue weighted by Gasteiger charge is 2.25. The van der Waals surface area contributed by atoms with Crippen LogP contribution < -0.4 is 10.5 Å². The molecule has 0 aromatic heterocycles. The molecule has 7 heteroatoms. The maximum atomic E-state index is 12.4. The largest absolute Gasteiger partial charge is 0.399 e. The molecule has 1 heterocycles. The fraction of sp³-hybridized carbons (Fsp3) is 0.571. The number of hydrogen-bond donors (Lipinski definition) is 2. The first kappa shape index (κ1) is 16.2. The lowest BCUT2D eigenvalue weighted by molar-refractivity contribution is 0.117. The minimum atomic E-state index is -3.50. The maximum absolute atomic E-state index is 12.4. The van der Waals surface area contributed by atoms with Crippen LogP contribution in [0.3, 0.4) is 0 Å². The number of nitrogens with zero attached hydrogens (tertiary/aromatic N) is 2. The molecule has 1 fully saturated rings. The third kappa shape index (κ3) is 3.94. The molecule has 21 heavy (non-hydrogen) atoms. The molecule has 0 radical (unpaired) electrons. The second kappa shape index (κ2) is 6.31. The van der Waals surface area contributed by atoms with Crippen molar-refractivity contribution in [2.75, 3.05) is 46.0 Å². The van der Waals surface area contributed by atoms with E-state index < -0.39 is 10.0 Å². The number of hydrogen-bond acceptors (Lipinski definition) is 5. The summed E-state index contributed by atoms with van der Waals surface area (Å²) in [5.41, 5.74) is 6.90. The van der Waals surface area contributed by atoms with Gasteiger partial charge in [0.2, 0.25) is 10.0 Å². The summed E-state index contributed by atoms with van der Waals surface area (Å²) in [5.74, 6) is 0. The van der Waals surface area contributed by atoms with Gasteiger partial charge in [-0.1, -0.05) is 0 Å². The normalized spacial score (nSPS) is 21.6. The Morgan fingerprint density at radius 2 is 2.05 bits per heavy atom. The van der Waals surface area contributed by atoms with Gasteiger partial charge in [0.15, 0.2) is 0 Å². The number of likely N-dealkylation sites (N-methyl/N-ethyl adjacent to an activating group) is 2. The summed E-state index contributed by atoms with van der Waals surface area (Å²) in [5, 5.41) is 0. The molecule has 1 atom stereocenters. The Morgan fingerprint density at radius 3 is 2.71 bits per heavy atom. The quantitative estimate of drug-likeness (QED) is 0.771. The van der Waals surface area contributed by atoms with Crippen molar-refractivity contribution in [1.82, 2.24) is 14.5 Å². The van der Waals surface area contributed by atoms with E-state index >= 15 is 0 Å². The van der Waals surface area contributed by atoms with Crippen molar-refractivity contribution >= 4 is 15.7 Å². The predicted octanol–water partition coefficient (Wildman–Crippen LogP) is 0.101. The van der Waals surface area contributed by atoms with E-state index in [1.165, 1.54) is 0 Å². The zero-order valence-electron chi connectivity index (χ0n) is 12.8. The molecule has 0 aliphatic carbocycles. The first-order chi connectivity index (χ1) is 9.79. The number of anilines is 1. The third-order valence-corrected chi connectivity index (χ3v) is 5.56. The highest BCUT2D eigenvalue weighted by molar-refractivity contribution is 7.89. The van der Waals surface area contributed by atoms with E-state index in [1.807, 2.05) is 7.05 Å². The minimum absolute atomic E-state index is 0.188. The predicted molar refractivity (Wildman–Crippen MR) is 84.7 cm³/mol. The van der Waals surface area contributed by atoms with Crippen molar-refractivity contribution in [2.24, 2.45) is 0 Å². The van der Waals surface area contributed by atoms with Crippen LogP contribution in [0.15, 0.2) is 23.1 Å². The molecule has 118 valence electrons. The van der Waals surface area contributed by atoms with Gasteiger partial charge in [-0.15, -0.1) is 0 Å². The second-order valence-corrected chi connectivity index (χ2v) is 7.51. The van der Waals surface area contributed by atoms with Gasteiger partial charge in [0.1, 0.15) is 0 Å². The molecule has 1 aromatic rings. The van der Waals surface area contributed by atoms with E-state index in [0.29, 0.717) is 22.7 Å². The number of sulfonamides is 1. The number of benzene rings is 1. The first-order valence-corrected chi connectivity index (χ1v) is 8.52. The van der Waals surface area contributed by atoms with Gasteiger partial charge in [0.05, 0.1) is 4.90 Å². The highest BCUT2D eigenvalue weighted by Crippen LogP contribution is 2.18. The number of nitrogen functional groups attached to an aromatic ring is 1. The number of nitrogens with one attached hydrogen (secondary N) is 1. The first-order valence-electron chi connectivity index (χ1n) is 7.04. The second-order valence-electron chi connectivity index (χ2n) is 5.77. The van der Waals surface area contributed by atoms with Crippen molar-refractivity contribution < 1.29 is 8.42 Å². The molecule has 2 rings (SSSR count). The fourth-order valence-corrected chi connectivity index (χ4v) is 3.88. The maximum Gasteiger partial charge on any atom is 0.240 e. The molecular formula is C14H24N4O2S. The Bertz CT molecular complexity index is 603. The highest BCUT2D eigenvalue weighted by atomic mass is 32.2. The van der Waals surface area contributed by atoms with Crippen LogP contribution in [-0.4, -0.2) is 64.5 Å². The van der Waals surface area contributed by atoms with Crippen LogP contribution in [0.5, 0.6) is 0 Å². The summed E-state index contributed by atoms with van der Waals surface area (Å²) in [6.07, 6.45) is 0. The minimum Gasteiger partial charge on any atom is -0.399 e. The molecule has 0 spiro atoms. The van der Waals surface area contributed by atoms with Crippen LogP contribution in [0.2, 0.25) is 0 Å². The molecule has 0 saturated carbocycles. The van der Waals surface area contributed by atoms with E-state index in [9.17, 15) is 8.42 Å². The summed E-state index contributed by atoms with van der Waals surface area (Å²) in [4.78, 5) is 4.70. The smallest absolute Gasteiger partial charge is 0.240 e. The van der Waals surface area contributed by atoms with Crippen molar-refractivity contribution in [3.8, 4) is 0 Å². The van der Waals surface area contributed by atoms with Crippen LogP contribution in [0, 0.1) is 6.92 Å². The van der Waals surface area contributed by atoms with E-state index in [0.717, 1.165) is 19.6 Å². The molecule has 0 bridgehead atoms. The Morgan fingerprint density at radius 1 is 1.33 bits per heavy atom. The van der Waals surface area contributed by atoms with Gasteiger partial charge >= 0.3 is 0 Å². The van der Waals surface area contributed by atoms with Gasteiger partial charge in [0, 0.05) is 37.9 Å². The number of piperazine rings is 1. The molecule has 1 saturated heterocycles. The average molecular weight is 312 g/mol. The van der Waals surface area contributed by atoms with E-state index in [2.05, 4.69) is 21.6 Å². The molecule has 3 N–H and O–H groups in total. The number of rotatable bonds is 4. The van der Waals surface area contributed by atoms with Crippen molar-refractivity contribution in [1.29, 1.82) is 0 Å². The Balaban J connectivity index is 2.07. The lowest BCUT2D eigenvalue weighted by Crippen LogP contribution is -2.54. The summed E-state index contributed by atoms with van der Waals surface area (Å²) in [7, 11) is 0.584. The lowest BCUT2D eigenvalue weighted by atomic mass is 10.2. The monoisotopic (exact) mass is 312 g/mol.